The summed E-state index contributed by atoms with van der Waals surface area (Å²) >= 11 is 5.34. The van der Waals surface area contributed by atoms with Crippen molar-refractivity contribution in [2.24, 2.45) is 5.92 Å². The van der Waals surface area contributed by atoms with Gasteiger partial charge in [0.1, 0.15) is 0 Å². The number of nitriles is 1. The van der Waals surface area contributed by atoms with Crippen LogP contribution < -0.4 is 5.32 Å². The lowest BCUT2D eigenvalue weighted by Crippen LogP contribution is -2.19. The van der Waals surface area contributed by atoms with Crippen LogP contribution in [0, 0.1) is 17.2 Å². The van der Waals surface area contributed by atoms with Crippen molar-refractivity contribution in [2.75, 3.05) is 16.8 Å². The summed E-state index contributed by atoms with van der Waals surface area (Å²) in [5, 5.41) is 11.7. The molecule has 1 heterocycles. The van der Waals surface area contributed by atoms with Crippen molar-refractivity contribution in [3.8, 4) is 6.07 Å². The average Bonchev–Trinajstić information content (AvgIpc) is 2.42. The molecule has 100 valence electrons. The number of nitrogens with zero attached hydrogens (tertiary/aromatic N) is 1. The monoisotopic (exact) mass is 338 g/mol. The first-order valence-electron chi connectivity index (χ1n) is 6.26. The van der Waals surface area contributed by atoms with Gasteiger partial charge in [0.15, 0.2) is 0 Å². The minimum atomic E-state index is 0.0577. The summed E-state index contributed by atoms with van der Waals surface area (Å²) in [7, 11) is 0. The largest absolute Gasteiger partial charge is 0.325 e. The van der Waals surface area contributed by atoms with Gasteiger partial charge in [0.25, 0.3) is 0 Å². The number of halogens is 1. The molecular formula is C14H15BrN2OS. The lowest BCUT2D eigenvalue weighted by Gasteiger charge is -2.20. The Morgan fingerprint density at radius 1 is 1.47 bits per heavy atom. The molecule has 1 aromatic rings. The number of hydrogen-bond acceptors (Lipinski definition) is 3. The fourth-order valence-corrected chi connectivity index (χ4v) is 3.78. The van der Waals surface area contributed by atoms with Gasteiger partial charge < -0.3 is 5.32 Å². The average molecular weight is 339 g/mol. The normalized spacial score (nSPS) is 15.8. The zero-order chi connectivity index (χ0) is 13.7. The molecule has 1 aliphatic rings. The van der Waals surface area contributed by atoms with Gasteiger partial charge in [-0.1, -0.05) is 0 Å². The summed E-state index contributed by atoms with van der Waals surface area (Å²) in [6, 6.07) is 7.25. The van der Waals surface area contributed by atoms with Crippen LogP contribution >= 0.6 is 27.7 Å². The van der Waals surface area contributed by atoms with Crippen LogP contribution in [0.2, 0.25) is 0 Å². The van der Waals surface area contributed by atoms with Crippen molar-refractivity contribution < 1.29 is 4.79 Å². The first-order valence-corrected chi connectivity index (χ1v) is 8.21. The minimum Gasteiger partial charge on any atom is -0.325 e. The van der Waals surface area contributed by atoms with Crippen LogP contribution in [0.15, 0.2) is 22.7 Å². The molecule has 1 amide bonds. The van der Waals surface area contributed by atoms with E-state index in [1.165, 1.54) is 11.5 Å². The molecule has 1 N–H and O–H groups in total. The zero-order valence-corrected chi connectivity index (χ0v) is 12.9. The molecule has 0 unspecified atom stereocenters. The van der Waals surface area contributed by atoms with E-state index >= 15 is 0 Å². The molecular weight excluding hydrogens is 324 g/mol. The van der Waals surface area contributed by atoms with Gasteiger partial charge in [-0.2, -0.15) is 17.0 Å². The van der Waals surface area contributed by atoms with Gasteiger partial charge in [-0.15, -0.1) is 0 Å². The molecule has 1 fully saturated rings. The number of nitrogens with one attached hydrogen (secondary N) is 1. The molecule has 2 rings (SSSR count). The number of thioether (sulfide) groups is 1. The lowest BCUT2D eigenvalue weighted by atomic mass is 9.98. The number of carbonyl (C=O) groups is 1. The minimum absolute atomic E-state index is 0.0577. The predicted molar refractivity (Wildman–Crippen MR) is 82.2 cm³/mol. The van der Waals surface area contributed by atoms with E-state index in [2.05, 4.69) is 27.3 Å². The van der Waals surface area contributed by atoms with Crippen molar-refractivity contribution in [3.63, 3.8) is 0 Å². The van der Waals surface area contributed by atoms with Crippen molar-refractivity contribution in [2.45, 2.75) is 19.3 Å². The Balaban J connectivity index is 1.93. The molecule has 19 heavy (non-hydrogen) atoms. The topological polar surface area (TPSA) is 52.9 Å². The van der Waals surface area contributed by atoms with Gasteiger partial charge in [0, 0.05) is 10.9 Å². The smallest absolute Gasteiger partial charge is 0.224 e. The molecule has 1 aliphatic heterocycles. The van der Waals surface area contributed by atoms with Crippen LogP contribution in [-0.4, -0.2) is 17.4 Å². The fourth-order valence-electron chi connectivity index (χ4n) is 2.10. The van der Waals surface area contributed by atoms with Crippen LogP contribution in [0.4, 0.5) is 5.69 Å². The SMILES string of the molecule is N#Cc1ccc(NC(=O)CC2CCSCC2)c(Br)c1. The predicted octanol–water partition coefficient (Wildman–Crippen LogP) is 3.79. The quantitative estimate of drug-likeness (QED) is 0.911. The second-order valence-corrected chi connectivity index (χ2v) is 6.69. The molecule has 0 radical (unpaired) electrons. The highest BCUT2D eigenvalue weighted by molar-refractivity contribution is 9.10. The Morgan fingerprint density at radius 3 is 2.84 bits per heavy atom. The van der Waals surface area contributed by atoms with Gasteiger partial charge >= 0.3 is 0 Å². The molecule has 0 spiro atoms. The number of benzene rings is 1. The van der Waals surface area contributed by atoms with E-state index in [1.807, 2.05) is 11.8 Å². The summed E-state index contributed by atoms with van der Waals surface area (Å²) < 4.78 is 0.749. The van der Waals surface area contributed by atoms with Crippen LogP contribution in [-0.2, 0) is 4.79 Å². The van der Waals surface area contributed by atoms with E-state index < -0.39 is 0 Å². The highest BCUT2D eigenvalue weighted by atomic mass is 79.9. The van der Waals surface area contributed by atoms with Crippen molar-refractivity contribution in [3.05, 3.63) is 28.2 Å². The van der Waals surface area contributed by atoms with E-state index in [4.69, 9.17) is 5.26 Å². The van der Waals surface area contributed by atoms with E-state index in [0.717, 1.165) is 23.0 Å². The molecule has 5 heteroatoms. The van der Waals surface area contributed by atoms with Crippen molar-refractivity contribution >= 4 is 39.3 Å². The summed E-state index contributed by atoms with van der Waals surface area (Å²) in [5.74, 6) is 2.90. The number of anilines is 1. The third kappa shape index (κ3) is 4.26. The highest BCUT2D eigenvalue weighted by Crippen LogP contribution is 2.27. The molecule has 3 nitrogen and oxygen atoms in total. The molecule has 0 aromatic heterocycles. The van der Waals surface area contributed by atoms with Gasteiger partial charge in [-0.3, -0.25) is 4.79 Å². The van der Waals surface area contributed by atoms with E-state index in [-0.39, 0.29) is 5.91 Å². The summed E-state index contributed by atoms with van der Waals surface area (Å²) in [4.78, 5) is 12.0. The first-order chi connectivity index (χ1) is 9.19. The number of carbonyl (C=O) groups excluding carboxylic acids is 1. The Morgan fingerprint density at radius 2 is 2.21 bits per heavy atom. The maximum absolute atomic E-state index is 12.0. The molecule has 0 bridgehead atoms. The van der Waals surface area contributed by atoms with Crippen molar-refractivity contribution in [1.29, 1.82) is 5.26 Å². The summed E-state index contributed by atoms with van der Waals surface area (Å²) in [5.41, 5.74) is 1.31. The molecule has 0 saturated carbocycles. The van der Waals surface area contributed by atoms with Crippen LogP contribution in [0.1, 0.15) is 24.8 Å². The Kier molecular flexibility index (Phi) is 5.29. The molecule has 0 aliphatic carbocycles. The molecule has 1 saturated heterocycles. The van der Waals surface area contributed by atoms with E-state index in [1.54, 1.807) is 18.2 Å². The Hall–Kier alpha value is -0.990. The Bertz CT molecular complexity index is 507. The maximum atomic E-state index is 12.0. The standard InChI is InChI=1S/C14H15BrN2OS/c15-12-7-11(9-16)1-2-13(12)17-14(18)8-10-3-5-19-6-4-10/h1-2,7,10H,3-6,8H2,(H,17,18). The number of rotatable bonds is 3. The second-order valence-electron chi connectivity index (χ2n) is 4.61. The third-order valence-electron chi connectivity index (χ3n) is 3.19. The molecule has 1 aromatic carbocycles. The first kappa shape index (κ1) is 14.4. The maximum Gasteiger partial charge on any atom is 0.224 e. The molecule has 0 atom stereocenters. The van der Waals surface area contributed by atoms with Crippen molar-refractivity contribution in [1.82, 2.24) is 0 Å². The lowest BCUT2D eigenvalue weighted by molar-refractivity contribution is -0.117. The zero-order valence-electron chi connectivity index (χ0n) is 10.5. The fraction of sp³-hybridized carbons (Fsp3) is 0.429. The summed E-state index contributed by atoms with van der Waals surface area (Å²) in [6.45, 7) is 0. The van der Waals surface area contributed by atoms with Crippen LogP contribution in [0.25, 0.3) is 0 Å². The van der Waals surface area contributed by atoms with Crippen LogP contribution in [0.5, 0.6) is 0 Å². The summed E-state index contributed by atoms with van der Waals surface area (Å²) in [6.07, 6.45) is 2.85. The van der Waals surface area contributed by atoms with Crippen LogP contribution in [0.3, 0.4) is 0 Å². The number of hydrogen-bond donors (Lipinski definition) is 1. The van der Waals surface area contributed by atoms with Gasteiger partial charge in [-0.05, 0) is 64.4 Å². The van der Waals surface area contributed by atoms with Gasteiger partial charge in [0.2, 0.25) is 5.91 Å². The Labute approximate surface area is 125 Å². The van der Waals surface area contributed by atoms with E-state index in [9.17, 15) is 4.79 Å². The van der Waals surface area contributed by atoms with Gasteiger partial charge in [0.05, 0.1) is 17.3 Å². The second kappa shape index (κ2) is 6.97. The highest BCUT2D eigenvalue weighted by Gasteiger charge is 2.17. The third-order valence-corrected chi connectivity index (χ3v) is 4.89. The van der Waals surface area contributed by atoms with Gasteiger partial charge in [-0.25, -0.2) is 0 Å². The van der Waals surface area contributed by atoms with E-state index in [0.29, 0.717) is 17.9 Å². The number of amides is 1.